The zero-order chi connectivity index (χ0) is 28.7. The van der Waals surface area contributed by atoms with Gasteiger partial charge in [0.25, 0.3) is 10.2 Å². The van der Waals surface area contributed by atoms with Crippen LogP contribution in [0.5, 0.6) is 0 Å². The standard InChI is InChI=1S/C24H23FN4O10/c1-15(2)26-21-6-4-3-5-20(21)24(16-7-9-17(25)10-8-16)22(26)12-11-18(37-27(31)32)13-19(38-28(33)34)14-23(30)39-29(35)36/h3-12,15,18-19H,13-14H2,1-2H3/t18-,19-/m0/s1. The first kappa shape index (κ1) is 28.5. The van der Waals surface area contributed by atoms with Crippen LogP contribution in [0.4, 0.5) is 4.39 Å². The summed E-state index contributed by atoms with van der Waals surface area (Å²) in [6.45, 7) is 3.84. The molecule has 1 heterocycles. The van der Waals surface area contributed by atoms with Gasteiger partial charge < -0.3 is 14.2 Å². The Morgan fingerprint density at radius 1 is 0.974 bits per heavy atom. The summed E-state index contributed by atoms with van der Waals surface area (Å²) in [4.78, 5) is 57.0. The first-order chi connectivity index (χ1) is 18.5. The highest BCUT2D eigenvalue weighted by Crippen LogP contribution is 2.38. The molecule has 0 saturated carbocycles. The van der Waals surface area contributed by atoms with E-state index < -0.39 is 52.1 Å². The third-order valence-corrected chi connectivity index (χ3v) is 5.59. The molecule has 0 amide bonds. The molecule has 0 unspecified atom stereocenters. The minimum absolute atomic E-state index is 0.0962. The van der Waals surface area contributed by atoms with E-state index in [1.165, 1.54) is 24.3 Å². The third-order valence-electron chi connectivity index (χ3n) is 5.59. The molecule has 1 aromatic heterocycles. The van der Waals surface area contributed by atoms with Gasteiger partial charge in [-0.25, -0.2) is 9.23 Å². The molecule has 0 saturated heterocycles. The molecule has 3 aromatic rings. The van der Waals surface area contributed by atoms with E-state index >= 15 is 0 Å². The van der Waals surface area contributed by atoms with Crippen molar-refractivity contribution in [3.63, 3.8) is 0 Å². The number of carbonyl (C=O) groups is 1. The lowest BCUT2D eigenvalue weighted by Gasteiger charge is -2.18. The Labute approximate surface area is 219 Å². The van der Waals surface area contributed by atoms with Crippen LogP contribution in [0, 0.1) is 36.2 Å². The molecule has 15 heteroatoms. The molecule has 206 valence electrons. The summed E-state index contributed by atoms with van der Waals surface area (Å²) in [6, 6.07) is 13.1. The number of para-hydroxylation sites is 1. The molecule has 0 fully saturated rings. The first-order valence-corrected chi connectivity index (χ1v) is 11.5. The van der Waals surface area contributed by atoms with E-state index in [9.17, 15) is 39.5 Å². The van der Waals surface area contributed by atoms with Crippen LogP contribution < -0.4 is 0 Å². The van der Waals surface area contributed by atoms with Gasteiger partial charge in [-0.1, -0.05) is 36.4 Å². The van der Waals surface area contributed by atoms with E-state index in [4.69, 9.17) is 0 Å². The van der Waals surface area contributed by atoms with Crippen LogP contribution in [0.3, 0.4) is 0 Å². The molecule has 3 rings (SSSR count). The van der Waals surface area contributed by atoms with Crippen molar-refractivity contribution < 1.29 is 39.0 Å². The maximum Gasteiger partial charge on any atom is 0.306 e. The Bertz CT molecular complexity index is 1400. The minimum atomic E-state index is -1.66. The predicted octanol–water partition coefficient (Wildman–Crippen LogP) is 4.71. The molecule has 2 atom stereocenters. The second-order valence-corrected chi connectivity index (χ2v) is 8.55. The summed E-state index contributed by atoms with van der Waals surface area (Å²) >= 11 is 0. The van der Waals surface area contributed by atoms with E-state index in [0.29, 0.717) is 16.8 Å². The average molecular weight is 546 g/mol. The maximum atomic E-state index is 13.7. The average Bonchev–Trinajstić information content (AvgIpc) is 3.16. The molecule has 39 heavy (non-hydrogen) atoms. The summed E-state index contributed by atoms with van der Waals surface area (Å²) < 4.78 is 15.6. The van der Waals surface area contributed by atoms with Crippen LogP contribution in [0.2, 0.25) is 0 Å². The quantitative estimate of drug-likeness (QED) is 0.215. The molecule has 0 spiro atoms. The summed E-state index contributed by atoms with van der Waals surface area (Å²) in [7, 11) is 0. The Morgan fingerprint density at radius 2 is 1.62 bits per heavy atom. The summed E-state index contributed by atoms with van der Waals surface area (Å²) in [5, 5.41) is 29.6. The first-order valence-electron chi connectivity index (χ1n) is 11.5. The smallest absolute Gasteiger partial charge is 0.306 e. The highest BCUT2D eigenvalue weighted by Gasteiger charge is 2.26. The molecular formula is C24H23FN4O10. The molecule has 0 aliphatic carbocycles. The van der Waals surface area contributed by atoms with Crippen molar-refractivity contribution in [3.05, 3.63) is 96.5 Å². The van der Waals surface area contributed by atoms with E-state index in [0.717, 1.165) is 10.9 Å². The Kier molecular flexibility index (Phi) is 9.09. The van der Waals surface area contributed by atoms with Gasteiger partial charge in [-0.05, 0) is 43.7 Å². The number of hydrogen-bond acceptors (Lipinski definition) is 10. The van der Waals surface area contributed by atoms with Crippen molar-refractivity contribution in [1.82, 2.24) is 4.57 Å². The number of nitrogens with zero attached hydrogens (tertiary/aromatic N) is 4. The zero-order valence-electron chi connectivity index (χ0n) is 20.7. The highest BCUT2D eigenvalue weighted by molar-refractivity contribution is 6.01. The number of benzene rings is 2. The van der Waals surface area contributed by atoms with Gasteiger partial charge in [-0.2, -0.15) is 0 Å². The van der Waals surface area contributed by atoms with Crippen LogP contribution in [-0.2, 0) is 19.3 Å². The van der Waals surface area contributed by atoms with Gasteiger partial charge in [0.2, 0.25) is 0 Å². The molecule has 0 N–H and O–H groups in total. The number of carbonyl (C=O) groups excluding carboxylic acids is 1. The SMILES string of the molecule is CC(C)n1c(C=C[C@@H](C[C@@H](CC(=O)O[N+](=O)[O-])O[N+](=O)[O-])O[N+](=O)[O-])c(-c2ccc(F)cc2)c2ccccc21. The van der Waals surface area contributed by atoms with Crippen molar-refractivity contribution in [2.24, 2.45) is 0 Å². The molecule has 0 aliphatic rings. The fourth-order valence-electron chi connectivity index (χ4n) is 4.24. The van der Waals surface area contributed by atoms with Gasteiger partial charge in [0.15, 0.2) is 0 Å². The highest BCUT2D eigenvalue weighted by atomic mass is 19.1. The fourth-order valence-corrected chi connectivity index (χ4v) is 4.24. The number of rotatable bonds is 13. The lowest BCUT2D eigenvalue weighted by molar-refractivity contribution is -0.777. The minimum Gasteiger partial charge on any atom is -0.338 e. The van der Waals surface area contributed by atoms with Crippen molar-refractivity contribution in [1.29, 1.82) is 0 Å². The van der Waals surface area contributed by atoms with E-state index in [-0.39, 0.29) is 6.04 Å². The molecule has 14 nitrogen and oxygen atoms in total. The van der Waals surface area contributed by atoms with E-state index in [1.807, 2.05) is 42.7 Å². The lowest BCUT2D eigenvalue weighted by Crippen LogP contribution is -2.29. The fraction of sp³-hybridized carbons (Fsp3) is 0.292. The molecule has 0 bridgehead atoms. The van der Waals surface area contributed by atoms with Crippen LogP contribution in [0.1, 0.15) is 38.4 Å². The summed E-state index contributed by atoms with van der Waals surface area (Å²) in [5.41, 5.74) is 2.77. The number of hydrogen-bond donors (Lipinski definition) is 0. The van der Waals surface area contributed by atoms with Crippen molar-refractivity contribution in [2.45, 2.75) is 44.9 Å². The lowest BCUT2D eigenvalue weighted by atomic mass is 10.0. The van der Waals surface area contributed by atoms with E-state index in [1.54, 1.807) is 12.1 Å². The Hall–Kier alpha value is -5.08. The molecule has 0 aliphatic heterocycles. The predicted molar refractivity (Wildman–Crippen MR) is 133 cm³/mol. The number of aromatic nitrogens is 1. The molecular weight excluding hydrogens is 523 g/mol. The van der Waals surface area contributed by atoms with Gasteiger partial charge in [0.05, 0.1) is 6.42 Å². The van der Waals surface area contributed by atoms with Gasteiger partial charge in [0.1, 0.15) is 18.0 Å². The van der Waals surface area contributed by atoms with Gasteiger partial charge in [-0.3, -0.25) is 4.79 Å². The van der Waals surface area contributed by atoms with Crippen LogP contribution in [-0.4, -0.2) is 38.0 Å². The largest absolute Gasteiger partial charge is 0.338 e. The Morgan fingerprint density at radius 3 is 2.21 bits per heavy atom. The zero-order valence-corrected chi connectivity index (χ0v) is 20.7. The van der Waals surface area contributed by atoms with Crippen molar-refractivity contribution in [3.8, 4) is 11.1 Å². The van der Waals surface area contributed by atoms with Crippen molar-refractivity contribution in [2.75, 3.05) is 0 Å². The van der Waals surface area contributed by atoms with Crippen LogP contribution in [0.15, 0.2) is 54.6 Å². The van der Waals surface area contributed by atoms with Crippen molar-refractivity contribution >= 4 is 22.9 Å². The summed E-state index contributed by atoms with van der Waals surface area (Å²) in [6.07, 6.45) is -1.88. The van der Waals surface area contributed by atoms with Gasteiger partial charge in [0, 0.05) is 34.6 Å². The summed E-state index contributed by atoms with van der Waals surface area (Å²) in [5.74, 6) is -1.88. The number of halogens is 1. The second kappa shape index (κ2) is 12.4. The van der Waals surface area contributed by atoms with E-state index in [2.05, 4.69) is 14.5 Å². The van der Waals surface area contributed by atoms with Crippen LogP contribution >= 0.6 is 0 Å². The second-order valence-electron chi connectivity index (χ2n) is 8.55. The monoisotopic (exact) mass is 546 g/mol. The third kappa shape index (κ3) is 7.47. The van der Waals surface area contributed by atoms with Gasteiger partial charge >= 0.3 is 11.1 Å². The molecule has 0 radical (unpaired) electrons. The maximum absolute atomic E-state index is 13.7. The van der Waals surface area contributed by atoms with Gasteiger partial charge in [-0.15, -0.1) is 30.3 Å². The Balaban J connectivity index is 2.07. The normalized spacial score (nSPS) is 12.8. The molecule has 2 aromatic carbocycles. The number of fused-ring (bicyclic) bond motifs is 1. The topological polar surface area (TPSA) is 179 Å². The van der Waals surface area contributed by atoms with Crippen LogP contribution in [0.25, 0.3) is 28.1 Å².